The Bertz CT molecular complexity index is 1530. The molecule has 1 amide bonds. The third kappa shape index (κ3) is 4.21. The lowest BCUT2D eigenvalue weighted by atomic mass is 9.68. The van der Waals surface area contributed by atoms with Crippen LogP contribution in [-0.2, 0) is 14.3 Å². The third-order valence-electron chi connectivity index (χ3n) is 8.38. The van der Waals surface area contributed by atoms with Gasteiger partial charge in [-0.15, -0.1) is 0 Å². The molecule has 1 aromatic heterocycles. The minimum absolute atomic E-state index is 0.0209. The Morgan fingerprint density at radius 2 is 1.82 bits per heavy atom. The summed E-state index contributed by atoms with van der Waals surface area (Å²) in [6.07, 6.45) is 0.918. The van der Waals surface area contributed by atoms with Crippen LogP contribution < -0.4 is 4.74 Å². The quantitative estimate of drug-likeness (QED) is 0.524. The molecule has 210 valence electrons. The molecule has 0 saturated carbocycles. The van der Waals surface area contributed by atoms with Crippen molar-refractivity contribution in [2.24, 2.45) is 11.3 Å². The number of ether oxygens (including phenoxy) is 2. The molecule has 0 unspecified atom stereocenters. The number of carbonyl (C=O) groups is 3. The molecule has 3 aliphatic rings. The number of allylic oxidation sites excluding steroid dienone is 2. The van der Waals surface area contributed by atoms with Gasteiger partial charge in [0.1, 0.15) is 17.3 Å². The van der Waals surface area contributed by atoms with Gasteiger partial charge in [0, 0.05) is 36.6 Å². The van der Waals surface area contributed by atoms with E-state index in [2.05, 4.69) is 32.7 Å². The molecule has 8 nitrogen and oxygen atoms in total. The number of aromatic nitrogens is 1. The zero-order valence-corrected chi connectivity index (χ0v) is 24.3. The van der Waals surface area contributed by atoms with Crippen molar-refractivity contribution in [2.45, 2.75) is 66.3 Å². The average Bonchev–Trinajstić information content (AvgIpc) is 3.11. The first kappa shape index (κ1) is 27.6. The summed E-state index contributed by atoms with van der Waals surface area (Å²) < 4.78 is 12.4. The summed E-state index contributed by atoms with van der Waals surface area (Å²) in [6.45, 7) is 11.8. The number of hydrogen-bond acceptors (Lipinski definition) is 6. The average molecular weight is 545 g/mol. The van der Waals surface area contributed by atoms with Gasteiger partial charge >= 0.3 is 5.97 Å². The molecule has 0 fully saturated rings. The van der Waals surface area contributed by atoms with Crippen LogP contribution in [0.25, 0.3) is 11.3 Å². The van der Waals surface area contributed by atoms with E-state index >= 15 is 0 Å². The van der Waals surface area contributed by atoms with Crippen molar-refractivity contribution < 1.29 is 29.0 Å². The molecule has 1 aromatic carbocycles. The van der Waals surface area contributed by atoms with Gasteiger partial charge in [0.05, 0.1) is 30.3 Å². The van der Waals surface area contributed by atoms with E-state index in [1.54, 1.807) is 44.2 Å². The number of pyridine rings is 1. The van der Waals surface area contributed by atoms with Crippen molar-refractivity contribution >= 4 is 17.7 Å². The standard InChI is InChI=1S/C32H36N2O6/c1-15(2)28-29-26(30(36)34(28)7)25(24-20(35)13-32(5,6)14-22(24)40-29)23-17(4)18(10-12-21(23)39-8)19-11-9-16(3)27(33-19)31(37)38/h9-12,15,25,28H,13-14H2,1-8H3,(H,37,38)/t25-,28+/m0/s1. The summed E-state index contributed by atoms with van der Waals surface area (Å²) in [7, 11) is 3.35. The van der Waals surface area contributed by atoms with E-state index in [0.717, 1.165) is 5.56 Å². The van der Waals surface area contributed by atoms with Crippen molar-refractivity contribution in [3.8, 4) is 17.0 Å². The maximum absolute atomic E-state index is 13.9. The molecule has 2 atom stereocenters. The van der Waals surface area contributed by atoms with Crippen molar-refractivity contribution in [1.82, 2.24) is 9.88 Å². The molecule has 1 aliphatic carbocycles. The lowest BCUT2D eigenvalue weighted by molar-refractivity contribution is -0.126. The normalized spacial score (nSPS) is 22.0. The molecule has 2 aromatic rings. The third-order valence-corrected chi connectivity index (χ3v) is 8.38. The van der Waals surface area contributed by atoms with Crippen LogP contribution in [-0.4, -0.2) is 52.8 Å². The molecule has 0 saturated heterocycles. The SMILES string of the molecule is COc1ccc(-c2ccc(C)c(C(=O)O)n2)c(C)c1[C@H]1C2=C(CC(C)(C)CC2=O)OC2=C1C(=O)N(C)[C@@H]2C(C)C. The predicted molar refractivity (Wildman–Crippen MR) is 150 cm³/mol. The zero-order valence-electron chi connectivity index (χ0n) is 24.3. The number of Topliss-reactive ketones (excluding diaryl/α,β-unsaturated/α-hetero) is 1. The Hall–Kier alpha value is -3.94. The van der Waals surface area contributed by atoms with Gasteiger partial charge in [0.2, 0.25) is 0 Å². The summed E-state index contributed by atoms with van der Waals surface area (Å²) in [5.74, 6) is -0.140. The molecule has 1 N–H and O–H groups in total. The number of likely N-dealkylation sites (N-methyl/N-ethyl adjacent to an activating group) is 1. The number of methoxy groups -OCH3 is 1. The fourth-order valence-electron chi connectivity index (χ4n) is 6.56. The highest BCUT2D eigenvalue weighted by Crippen LogP contribution is 2.55. The Labute approximate surface area is 234 Å². The molecule has 0 spiro atoms. The number of aryl methyl sites for hydroxylation is 1. The lowest BCUT2D eigenvalue weighted by Crippen LogP contribution is -2.36. The van der Waals surface area contributed by atoms with Gasteiger partial charge in [-0.3, -0.25) is 9.59 Å². The van der Waals surface area contributed by atoms with Gasteiger partial charge in [-0.2, -0.15) is 0 Å². The van der Waals surface area contributed by atoms with E-state index in [1.807, 2.05) is 13.0 Å². The van der Waals surface area contributed by atoms with Gasteiger partial charge < -0.3 is 19.5 Å². The van der Waals surface area contributed by atoms with Crippen LogP contribution in [0.15, 0.2) is 46.9 Å². The van der Waals surface area contributed by atoms with E-state index < -0.39 is 11.9 Å². The monoisotopic (exact) mass is 544 g/mol. The fraction of sp³-hybridized carbons (Fsp3) is 0.438. The maximum atomic E-state index is 13.9. The molecular formula is C32H36N2O6. The summed E-state index contributed by atoms with van der Waals surface area (Å²) in [4.78, 5) is 45.8. The number of nitrogens with zero attached hydrogens (tertiary/aromatic N) is 2. The number of aromatic carboxylic acids is 1. The first-order valence-corrected chi connectivity index (χ1v) is 13.6. The predicted octanol–water partition coefficient (Wildman–Crippen LogP) is 5.58. The number of amides is 1. The second kappa shape index (κ2) is 9.61. The molecule has 40 heavy (non-hydrogen) atoms. The van der Waals surface area contributed by atoms with Crippen LogP contribution in [0, 0.1) is 25.2 Å². The smallest absolute Gasteiger partial charge is 0.354 e. The molecular weight excluding hydrogens is 508 g/mol. The highest BCUT2D eigenvalue weighted by molar-refractivity contribution is 6.07. The van der Waals surface area contributed by atoms with Crippen LogP contribution in [0.3, 0.4) is 0 Å². The van der Waals surface area contributed by atoms with E-state index in [4.69, 9.17) is 9.47 Å². The molecule has 8 heteroatoms. The van der Waals surface area contributed by atoms with Crippen LogP contribution in [0.1, 0.15) is 73.6 Å². The molecule has 2 aliphatic heterocycles. The number of benzene rings is 1. The molecule has 0 bridgehead atoms. The van der Waals surface area contributed by atoms with Gasteiger partial charge in [-0.1, -0.05) is 33.8 Å². The second-order valence-corrected chi connectivity index (χ2v) is 12.2. The van der Waals surface area contributed by atoms with Crippen molar-refractivity contribution in [3.05, 3.63) is 69.3 Å². The van der Waals surface area contributed by atoms with Crippen molar-refractivity contribution in [1.29, 1.82) is 0 Å². The fourth-order valence-corrected chi connectivity index (χ4v) is 6.56. The minimum atomic E-state index is -1.10. The Morgan fingerprint density at radius 1 is 1.12 bits per heavy atom. The van der Waals surface area contributed by atoms with E-state index in [-0.39, 0.29) is 34.8 Å². The van der Waals surface area contributed by atoms with Crippen LogP contribution >= 0.6 is 0 Å². The highest BCUT2D eigenvalue weighted by Gasteiger charge is 2.52. The van der Waals surface area contributed by atoms with E-state index in [1.165, 1.54) is 0 Å². The molecule has 0 radical (unpaired) electrons. The number of rotatable bonds is 5. The summed E-state index contributed by atoms with van der Waals surface area (Å²) in [6, 6.07) is 6.91. The summed E-state index contributed by atoms with van der Waals surface area (Å²) in [5.41, 5.74) is 3.89. The highest BCUT2D eigenvalue weighted by atomic mass is 16.5. The topological polar surface area (TPSA) is 106 Å². The molecule has 3 heterocycles. The number of carboxylic acid groups (broad SMARTS) is 1. The zero-order chi connectivity index (χ0) is 29.3. The van der Waals surface area contributed by atoms with Gasteiger partial charge in [0.15, 0.2) is 11.5 Å². The Kier molecular flexibility index (Phi) is 6.63. The Balaban J connectivity index is 1.81. The van der Waals surface area contributed by atoms with Crippen LogP contribution in [0.2, 0.25) is 0 Å². The summed E-state index contributed by atoms with van der Waals surface area (Å²) in [5, 5.41) is 9.69. The largest absolute Gasteiger partial charge is 0.496 e. The van der Waals surface area contributed by atoms with Gasteiger partial charge in [-0.05, 0) is 54.5 Å². The van der Waals surface area contributed by atoms with Crippen LogP contribution in [0.5, 0.6) is 5.75 Å². The maximum Gasteiger partial charge on any atom is 0.354 e. The van der Waals surface area contributed by atoms with E-state index in [0.29, 0.717) is 63.6 Å². The Morgan fingerprint density at radius 3 is 2.45 bits per heavy atom. The lowest BCUT2D eigenvalue weighted by Gasteiger charge is -2.39. The van der Waals surface area contributed by atoms with Crippen LogP contribution in [0.4, 0.5) is 0 Å². The second-order valence-electron chi connectivity index (χ2n) is 12.2. The number of ketones is 1. The van der Waals surface area contributed by atoms with Crippen molar-refractivity contribution in [3.63, 3.8) is 0 Å². The molecule has 5 rings (SSSR count). The minimum Gasteiger partial charge on any atom is -0.496 e. The number of carbonyl (C=O) groups excluding carboxylic acids is 2. The van der Waals surface area contributed by atoms with Crippen molar-refractivity contribution in [2.75, 3.05) is 14.2 Å². The first-order chi connectivity index (χ1) is 18.8. The van der Waals surface area contributed by atoms with Gasteiger partial charge in [-0.25, -0.2) is 9.78 Å². The number of carboxylic acids is 1. The van der Waals surface area contributed by atoms with E-state index in [9.17, 15) is 19.5 Å². The first-order valence-electron chi connectivity index (χ1n) is 13.6. The van der Waals surface area contributed by atoms with Gasteiger partial charge in [0.25, 0.3) is 5.91 Å². The summed E-state index contributed by atoms with van der Waals surface area (Å²) >= 11 is 0. The number of hydrogen-bond donors (Lipinski definition) is 1.